The fourth-order valence-corrected chi connectivity index (χ4v) is 2.19. The Labute approximate surface area is 106 Å². The lowest BCUT2D eigenvalue weighted by molar-refractivity contribution is 0.450. The predicted octanol–water partition coefficient (Wildman–Crippen LogP) is 4.06. The van der Waals surface area contributed by atoms with E-state index in [1.807, 2.05) is 0 Å². The molecular weight excluding hydrogens is 206 g/mol. The number of hydrogen-bond donors (Lipinski definition) is 1. The van der Waals surface area contributed by atoms with Crippen molar-refractivity contribution in [2.45, 2.75) is 65.8 Å². The molecule has 1 nitrogen and oxygen atoms in total. The van der Waals surface area contributed by atoms with Gasteiger partial charge in [-0.15, -0.1) is 0 Å². The van der Waals surface area contributed by atoms with Crippen molar-refractivity contribution in [3.8, 4) is 0 Å². The highest BCUT2D eigenvalue weighted by molar-refractivity contribution is 5.36. The summed E-state index contributed by atoms with van der Waals surface area (Å²) < 4.78 is 0. The van der Waals surface area contributed by atoms with E-state index in [1.54, 1.807) is 0 Å². The summed E-state index contributed by atoms with van der Waals surface area (Å²) in [5, 5.41) is 0. The SMILES string of the molecule is Cc1cc(C)c(CCCCC(C)(C)N)cc1C. The van der Waals surface area contributed by atoms with Crippen molar-refractivity contribution >= 4 is 0 Å². The van der Waals surface area contributed by atoms with E-state index in [9.17, 15) is 0 Å². The molecule has 1 aromatic rings. The highest BCUT2D eigenvalue weighted by atomic mass is 14.7. The number of hydrogen-bond acceptors (Lipinski definition) is 1. The largest absolute Gasteiger partial charge is 0.326 e. The second kappa shape index (κ2) is 5.68. The van der Waals surface area contributed by atoms with Crippen molar-refractivity contribution in [2.24, 2.45) is 5.73 Å². The summed E-state index contributed by atoms with van der Waals surface area (Å²) in [6.07, 6.45) is 4.75. The molecule has 0 unspecified atom stereocenters. The van der Waals surface area contributed by atoms with Gasteiger partial charge in [-0.25, -0.2) is 0 Å². The van der Waals surface area contributed by atoms with Crippen LogP contribution in [0.5, 0.6) is 0 Å². The fourth-order valence-electron chi connectivity index (χ4n) is 2.19. The van der Waals surface area contributed by atoms with Gasteiger partial charge in [0.2, 0.25) is 0 Å². The molecule has 0 aliphatic rings. The number of unbranched alkanes of at least 4 members (excludes halogenated alkanes) is 1. The molecule has 0 aromatic heterocycles. The zero-order chi connectivity index (χ0) is 13.1. The third-order valence-corrected chi connectivity index (χ3v) is 3.47. The highest BCUT2D eigenvalue weighted by Crippen LogP contribution is 2.18. The number of benzene rings is 1. The smallest absolute Gasteiger partial charge is 0.00970 e. The standard InChI is InChI=1S/C16H27N/c1-12-10-14(3)15(11-13(12)2)8-6-7-9-16(4,5)17/h10-11H,6-9,17H2,1-5H3. The zero-order valence-corrected chi connectivity index (χ0v) is 12.1. The Hall–Kier alpha value is -0.820. The van der Waals surface area contributed by atoms with Crippen LogP contribution in [0.3, 0.4) is 0 Å². The maximum atomic E-state index is 5.99. The first-order valence-corrected chi connectivity index (χ1v) is 6.65. The average Bonchev–Trinajstić information content (AvgIpc) is 2.18. The number of nitrogens with two attached hydrogens (primary N) is 1. The Bertz CT molecular complexity index is 372. The van der Waals surface area contributed by atoms with Gasteiger partial charge in [0.1, 0.15) is 0 Å². The Morgan fingerprint density at radius 3 is 2.12 bits per heavy atom. The van der Waals surface area contributed by atoms with Crippen molar-refractivity contribution < 1.29 is 0 Å². The van der Waals surface area contributed by atoms with Crippen molar-refractivity contribution in [1.82, 2.24) is 0 Å². The molecule has 96 valence electrons. The Kier molecular flexibility index (Phi) is 4.76. The van der Waals surface area contributed by atoms with Gasteiger partial charge in [0.15, 0.2) is 0 Å². The summed E-state index contributed by atoms with van der Waals surface area (Å²) >= 11 is 0. The van der Waals surface area contributed by atoms with Crippen LogP contribution in [0.15, 0.2) is 12.1 Å². The van der Waals surface area contributed by atoms with Crippen LogP contribution in [0, 0.1) is 20.8 Å². The van der Waals surface area contributed by atoms with Gasteiger partial charge in [0, 0.05) is 5.54 Å². The molecule has 2 N–H and O–H groups in total. The van der Waals surface area contributed by atoms with E-state index >= 15 is 0 Å². The molecule has 1 aromatic carbocycles. The summed E-state index contributed by atoms with van der Waals surface area (Å²) in [6, 6.07) is 4.65. The molecule has 0 saturated carbocycles. The van der Waals surface area contributed by atoms with E-state index in [0.29, 0.717) is 0 Å². The number of rotatable bonds is 5. The van der Waals surface area contributed by atoms with Crippen molar-refractivity contribution in [3.63, 3.8) is 0 Å². The highest BCUT2D eigenvalue weighted by Gasteiger charge is 2.09. The second-order valence-corrected chi connectivity index (χ2v) is 6.06. The van der Waals surface area contributed by atoms with E-state index < -0.39 is 0 Å². The first-order chi connectivity index (χ1) is 7.79. The van der Waals surface area contributed by atoms with Gasteiger partial charge >= 0.3 is 0 Å². The maximum absolute atomic E-state index is 5.99. The Morgan fingerprint density at radius 1 is 0.941 bits per heavy atom. The van der Waals surface area contributed by atoms with E-state index in [-0.39, 0.29) is 5.54 Å². The molecule has 0 radical (unpaired) electrons. The minimum Gasteiger partial charge on any atom is -0.326 e. The molecule has 0 fully saturated rings. The van der Waals surface area contributed by atoms with Crippen LogP contribution in [-0.2, 0) is 6.42 Å². The van der Waals surface area contributed by atoms with Crippen molar-refractivity contribution in [2.75, 3.05) is 0 Å². The van der Waals surface area contributed by atoms with Crippen LogP contribution in [0.25, 0.3) is 0 Å². The van der Waals surface area contributed by atoms with Gasteiger partial charge in [0.25, 0.3) is 0 Å². The van der Waals surface area contributed by atoms with E-state index in [1.165, 1.54) is 41.5 Å². The van der Waals surface area contributed by atoms with Crippen LogP contribution >= 0.6 is 0 Å². The van der Waals surface area contributed by atoms with E-state index in [2.05, 4.69) is 46.8 Å². The monoisotopic (exact) mass is 233 g/mol. The molecular formula is C16H27N. The van der Waals surface area contributed by atoms with Crippen LogP contribution < -0.4 is 5.73 Å². The predicted molar refractivity (Wildman–Crippen MR) is 76.5 cm³/mol. The molecule has 1 rings (SSSR count). The second-order valence-electron chi connectivity index (χ2n) is 6.06. The quantitative estimate of drug-likeness (QED) is 0.762. The molecule has 0 atom stereocenters. The normalized spacial score (nSPS) is 11.9. The van der Waals surface area contributed by atoms with Gasteiger partial charge in [-0.1, -0.05) is 18.6 Å². The Balaban J connectivity index is 2.50. The first kappa shape index (κ1) is 14.2. The summed E-state index contributed by atoms with van der Waals surface area (Å²) in [7, 11) is 0. The van der Waals surface area contributed by atoms with Crippen LogP contribution in [0.2, 0.25) is 0 Å². The molecule has 0 aliphatic carbocycles. The lowest BCUT2D eigenvalue weighted by Crippen LogP contribution is -2.31. The molecule has 0 saturated heterocycles. The van der Waals surface area contributed by atoms with Crippen LogP contribution in [0.4, 0.5) is 0 Å². The topological polar surface area (TPSA) is 26.0 Å². The van der Waals surface area contributed by atoms with Gasteiger partial charge in [-0.2, -0.15) is 0 Å². The molecule has 1 heteroatoms. The lowest BCUT2D eigenvalue weighted by Gasteiger charge is -2.18. The summed E-state index contributed by atoms with van der Waals surface area (Å²) in [5.41, 5.74) is 11.7. The summed E-state index contributed by atoms with van der Waals surface area (Å²) in [5.74, 6) is 0. The van der Waals surface area contributed by atoms with Gasteiger partial charge < -0.3 is 5.73 Å². The fraction of sp³-hybridized carbons (Fsp3) is 0.625. The molecule has 0 heterocycles. The average molecular weight is 233 g/mol. The van der Waals surface area contributed by atoms with Crippen molar-refractivity contribution in [3.05, 3.63) is 34.4 Å². The van der Waals surface area contributed by atoms with Crippen molar-refractivity contribution in [1.29, 1.82) is 0 Å². The van der Waals surface area contributed by atoms with Gasteiger partial charge in [-0.3, -0.25) is 0 Å². The molecule has 0 aliphatic heterocycles. The zero-order valence-electron chi connectivity index (χ0n) is 12.1. The molecule has 17 heavy (non-hydrogen) atoms. The minimum atomic E-state index is -0.0156. The molecule has 0 amide bonds. The van der Waals surface area contributed by atoms with E-state index in [0.717, 1.165) is 6.42 Å². The van der Waals surface area contributed by atoms with E-state index in [4.69, 9.17) is 5.73 Å². The molecule has 0 spiro atoms. The van der Waals surface area contributed by atoms with Crippen LogP contribution in [-0.4, -0.2) is 5.54 Å². The third kappa shape index (κ3) is 4.91. The first-order valence-electron chi connectivity index (χ1n) is 6.65. The minimum absolute atomic E-state index is 0.0156. The Morgan fingerprint density at radius 2 is 1.53 bits per heavy atom. The third-order valence-electron chi connectivity index (χ3n) is 3.47. The van der Waals surface area contributed by atoms with Gasteiger partial charge in [0.05, 0.1) is 0 Å². The van der Waals surface area contributed by atoms with Crippen LogP contribution in [0.1, 0.15) is 55.4 Å². The van der Waals surface area contributed by atoms with Gasteiger partial charge in [-0.05, 0) is 76.1 Å². The summed E-state index contributed by atoms with van der Waals surface area (Å²) in [6.45, 7) is 10.8. The lowest BCUT2D eigenvalue weighted by atomic mass is 9.94. The maximum Gasteiger partial charge on any atom is 0.00970 e. The molecule has 0 bridgehead atoms. The number of aryl methyl sites for hydroxylation is 4. The summed E-state index contributed by atoms with van der Waals surface area (Å²) in [4.78, 5) is 0.